The van der Waals surface area contributed by atoms with E-state index in [-0.39, 0.29) is 5.63 Å². The zero-order valence-electron chi connectivity index (χ0n) is 10.5. The molecule has 4 nitrogen and oxygen atoms in total. The number of rotatable bonds is 2. The highest BCUT2D eigenvalue weighted by atomic mass is 32.1. The molecule has 1 saturated carbocycles. The molecule has 0 amide bonds. The summed E-state index contributed by atoms with van der Waals surface area (Å²) in [6, 6.07) is 7.66. The summed E-state index contributed by atoms with van der Waals surface area (Å²) in [5.41, 5.74) is 1.97. The molecule has 0 saturated heterocycles. The average Bonchev–Trinajstić information content (AvgIpc) is 3.11. The molecule has 0 radical (unpaired) electrons. The van der Waals surface area contributed by atoms with E-state index in [2.05, 4.69) is 10.6 Å². The summed E-state index contributed by atoms with van der Waals surface area (Å²) in [5.74, 6) is 0. The largest absolute Gasteiger partial charge is 0.423 e. The van der Waals surface area contributed by atoms with Crippen molar-refractivity contribution in [1.82, 2.24) is 5.32 Å². The summed E-state index contributed by atoms with van der Waals surface area (Å²) in [4.78, 5) is 11.4. The van der Waals surface area contributed by atoms with Gasteiger partial charge in [0.1, 0.15) is 5.58 Å². The first-order valence-electron chi connectivity index (χ1n) is 6.24. The molecule has 1 aliphatic carbocycles. The van der Waals surface area contributed by atoms with Gasteiger partial charge in [0.2, 0.25) is 0 Å². The Labute approximate surface area is 115 Å². The van der Waals surface area contributed by atoms with E-state index >= 15 is 0 Å². The quantitative estimate of drug-likeness (QED) is 0.651. The van der Waals surface area contributed by atoms with Gasteiger partial charge < -0.3 is 15.1 Å². The number of hydrogen-bond acceptors (Lipinski definition) is 3. The summed E-state index contributed by atoms with van der Waals surface area (Å²) < 4.78 is 5.20. The lowest BCUT2D eigenvalue weighted by Gasteiger charge is -2.10. The van der Waals surface area contributed by atoms with Crippen LogP contribution in [0.5, 0.6) is 0 Å². The number of fused-ring (bicyclic) bond motifs is 1. The Morgan fingerprint density at radius 2 is 2.16 bits per heavy atom. The van der Waals surface area contributed by atoms with Gasteiger partial charge in [-0.25, -0.2) is 4.79 Å². The van der Waals surface area contributed by atoms with E-state index in [4.69, 9.17) is 16.6 Å². The summed E-state index contributed by atoms with van der Waals surface area (Å²) in [5, 5.41) is 7.85. The van der Waals surface area contributed by atoms with Crippen LogP contribution < -0.4 is 16.3 Å². The Morgan fingerprint density at radius 3 is 2.89 bits per heavy atom. The fourth-order valence-electron chi connectivity index (χ4n) is 1.98. The van der Waals surface area contributed by atoms with E-state index in [1.165, 1.54) is 18.9 Å². The number of hydrogen-bond donors (Lipinski definition) is 2. The lowest BCUT2D eigenvalue weighted by Crippen LogP contribution is -2.30. The van der Waals surface area contributed by atoms with Crippen molar-refractivity contribution in [3.05, 3.63) is 40.2 Å². The van der Waals surface area contributed by atoms with Crippen molar-refractivity contribution >= 4 is 34.0 Å². The monoisotopic (exact) mass is 274 g/mol. The minimum Gasteiger partial charge on any atom is -0.423 e. The predicted octanol–water partition coefficient (Wildman–Crippen LogP) is 2.55. The maximum atomic E-state index is 11.4. The zero-order valence-corrected chi connectivity index (χ0v) is 11.3. The highest BCUT2D eigenvalue weighted by Gasteiger charge is 2.21. The van der Waals surface area contributed by atoms with Crippen LogP contribution in [0.25, 0.3) is 11.0 Å². The summed E-state index contributed by atoms with van der Waals surface area (Å²) in [7, 11) is 0. The number of thiocarbonyl (C=S) groups is 1. The van der Waals surface area contributed by atoms with Crippen LogP contribution in [-0.2, 0) is 0 Å². The molecule has 0 atom stereocenters. The van der Waals surface area contributed by atoms with Gasteiger partial charge in [0, 0.05) is 29.2 Å². The van der Waals surface area contributed by atoms with Crippen LogP contribution in [0, 0.1) is 6.92 Å². The van der Waals surface area contributed by atoms with Crippen LogP contribution in [0.4, 0.5) is 5.69 Å². The molecule has 0 unspecified atom stereocenters. The SMILES string of the molecule is Cc1cc(=O)oc2cc(NC(=S)NC3CC3)ccc12. The van der Waals surface area contributed by atoms with Gasteiger partial charge in [-0.1, -0.05) is 0 Å². The second kappa shape index (κ2) is 4.66. The minimum atomic E-state index is -0.333. The summed E-state index contributed by atoms with van der Waals surface area (Å²) in [6.45, 7) is 1.89. The maximum absolute atomic E-state index is 11.4. The molecule has 1 aromatic heterocycles. The molecular formula is C14H14N2O2S. The third-order valence-electron chi connectivity index (χ3n) is 3.12. The third kappa shape index (κ3) is 2.76. The highest BCUT2D eigenvalue weighted by Crippen LogP contribution is 2.22. The van der Waals surface area contributed by atoms with Gasteiger partial charge in [-0.05, 0) is 49.7 Å². The van der Waals surface area contributed by atoms with Crippen LogP contribution >= 0.6 is 12.2 Å². The second-order valence-electron chi connectivity index (χ2n) is 4.83. The Kier molecular flexibility index (Phi) is 2.98. The van der Waals surface area contributed by atoms with Crippen LogP contribution in [0.2, 0.25) is 0 Å². The molecule has 2 N–H and O–H groups in total. The first-order chi connectivity index (χ1) is 9.11. The fraction of sp³-hybridized carbons (Fsp3) is 0.286. The fourth-order valence-corrected chi connectivity index (χ4v) is 2.27. The maximum Gasteiger partial charge on any atom is 0.336 e. The van der Waals surface area contributed by atoms with E-state index in [1.54, 1.807) is 6.07 Å². The minimum absolute atomic E-state index is 0.333. The van der Waals surface area contributed by atoms with Gasteiger partial charge in [0.15, 0.2) is 5.11 Å². The number of nitrogens with one attached hydrogen (secondary N) is 2. The first-order valence-corrected chi connectivity index (χ1v) is 6.65. The Balaban J connectivity index is 1.88. The van der Waals surface area contributed by atoms with E-state index < -0.39 is 0 Å². The molecule has 1 heterocycles. The van der Waals surface area contributed by atoms with Crippen LogP contribution in [-0.4, -0.2) is 11.2 Å². The third-order valence-corrected chi connectivity index (χ3v) is 3.34. The molecule has 3 rings (SSSR count). The lowest BCUT2D eigenvalue weighted by molar-refractivity contribution is 0.560. The van der Waals surface area contributed by atoms with Crippen molar-refractivity contribution in [1.29, 1.82) is 0 Å². The van der Waals surface area contributed by atoms with Gasteiger partial charge in [-0.3, -0.25) is 0 Å². The summed E-state index contributed by atoms with van der Waals surface area (Å²) in [6.07, 6.45) is 2.35. The van der Waals surface area contributed by atoms with E-state index in [9.17, 15) is 4.79 Å². The van der Waals surface area contributed by atoms with Gasteiger partial charge in [0.05, 0.1) is 0 Å². The van der Waals surface area contributed by atoms with Gasteiger partial charge in [0.25, 0.3) is 0 Å². The Bertz CT molecular complexity index is 704. The van der Waals surface area contributed by atoms with Crippen LogP contribution in [0.15, 0.2) is 33.5 Å². The summed E-state index contributed by atoms with van der Waals surface area (Å²) >= 11 is 5.21. The van der Waals surface area contributed by atoms with Crippen molar-refractivity contribution in [2.24, 2.45) is 0 Å². The molecule has 19 heavy (non-hydrogen) atoms. The van der Waals surface area contributed by atoms with E-state index in [0.717, 1.165) is 16.6 Å². The van der Waals surface area contributed by atoms with Gasteiger partial charge in [-0.2, -0.15) is 0 Å². The topological polar surface area (TPSA) is 54.3 Å². The molecule has 1 fully saturated rings. The molecule has 1 aliphatic rings. The normalized spacial score (nSPS) is 14.4. The van der Waals surface area contributed by atoms with Crippen molar-refractivity contribution in [3.63, 3.8) is 0 Å². The molecule has 0 aliphatic heterocycles. The van der Waals surface area contributed by atoms with Crippen molar-refractivity contribution in [2.75, 3.05) is 5.32 Å². The number of aryl methyl sites for hydroxylation is 1. The standard InChI is InChI=1S/C14H14N2O2S/c1-8-6-13(17)18-12-7-10(4-5-11(8)12)16-14(19)15-9-2-3-9/h4-7,9H,2-3H2,1H3,(H2,15,16,19). The number of benzene rings is 1. The van der Waals surface area contributed by atoms with Crippen LogP contribution in [0.1, 0.15) is 18.4 Å². The number of anilines is 1. The van der Waals surface area contributed by atoms with Crippen molar-refractivity contribution in [2.45, 2.75) is 25.8 Å². The van der Waals surface area contributed by atoms with Gasteiger partial charge >= 0.3 is 5.63 Å². The van der Waals surface area contributed by atoms with Crippen LogP contribution in [0.3, 0.4) is 0 Å². The first kappa shape index (κ1) is 12.2. The predicted molar refractivity (Wildman–Crippen MR) is 79.6 cm³/mol. The molecule has 0 bridgehead atoms. The average molecular weight is 274 g/mol. The molecule has 5 heteroatoms. The smallest absolute Gasteiger partial charge is 0.336 e. The Morgan fingerprint density at radius 1 is 1.37 bits per heavy atom. The van der Waals surface area contributed by atoms with Gasteiger partial charge in [-0.15, -0.1) is 0 Å². The van der Waals surface area contributed by atoms with Crippen molar-refractivity contribution in [3.8, 4) is 0 Å². The molecule has 0 spiro atoms. The van der Waals surface area contributed by atoms with Crippen molar-refractivity contribution < 1.29 is 4.42 Å². The molecular weight excluding hydrogens is 260 g/mol. The van der Waals surface area contributed by atoms with E-state index in [0.29, 0.717) is 16.7 Å². The Hall–Kier alpha value is -1.88. The van der Waals surface area contributed by atoms with E-state index in [1.807, 2.05) is 19.1 Å². The molecule has 2 aromatic rings. The molecule has 1 aromatic carbocycles. The zero-order chi connectivity index (χ0) is 13.4. The second-order valence-corrected chi connectivity index (χ2v) is 5.24. The highest BCUT2D eigenvalue weighted by molar-refractivity contribution is 7.80. The molecule has 98 valence electrons. The lowest BCUT2D eigenvalue weighted by atomic mass is 10.1.